The first kappa shape index (κ1) is 71.7. The number of aliphatic carboxylic acids is 5. The number of benzene rings is 1. The van der Waals surface area contributed by atoms with Crippen molar-refractivity contribution >= 4 is 77.2 Å². The molecule has 2 rings (SSSR count). The van der Waals surface area contributed by atoms with Gasteiger partial charge in [-0.1, -0.05) is 46.2 Å². The van der Waals surface area contributed by atoms with Gasteiger partial charge < -0.3 is 85.1 Å². The van der Waals surface area contributed by atoms with Gasteiger partial charge >= 0.3 is 29.8 Å². The maximum Gasteiger partial charge on any atom is 0.326 e. The molecule has 0 aliphatic carbocycles. The molecule has 32 nitrogen and oxygen atoms in total. The lowest BCUT2D eigenvalue weighted by atomic mass is 9.96. The summed E-state index contributed by atoms with van der Waals surface area (Å²) in [5, 5.41) is 70.9. The highest BCUT2D eigenvalue weighted by Crippen LogP contribution is 2.22. The normalized spacial score (nSPS) is 15.2. The molecule has 0 spiro atoms. The maximum atomic E-state index is 14.8. The molecule has 1 heterocycles. The van der Waals surface area contributed by atoms with Crippen molar-refractivity contribution in [1.82, 2.24) is 46.2 Å². The molecule has 1 aromatic rings. The van der Waals surface area contributed by atoms with Gasteiger partial charge in [0.2, 0.25) is 35.4 Å². The minimum absolute atomic E-state index is 0.00475. The summed E-state index contributed by atoms with van der Waals surface area (Å²) in [5.41, 5.74) is 22.6. The average molecular weight is 1190 g/mol. The molecule has 32 heteroatoms. The number of aliphatic imine (C=N–C) groups is 2. The molecule has 1 aliphatic rings. The summed E-state index contributed by atoms with van der Waals surface area (Å²) in [4.78, 5) is 157. The van der Waals surface area contributed by atoms with Crippen LogP contribution in [0.15, 0.2) is 34.3 Å². The minimum Gasteiger partial charge on any atom is -0.508 e. The summed E-state index contributed by atoms with van der Waals surface area (Å²) in [6, 6.07) is -2.19. The smallest absolute Gasteiger partial charge is 0.326 e. The molecule has 7 atom stereocenters. The number of likely N-dealkylation sites (tertiary alicyclic amines) is 1. The molecule has 1 saturated heterocycles. The molecule has 1 aliphatic heterocycles. The van der Waals surface area contributed by atoms with Crippen LogP contribution in [0, 0.1) is 11.8 Å². The second kappa shape index (κ2) is 36.9. The Morgan fingerprint density at radius 3 is 1.57 bits per heavy atom. The Morgan fingerprint density at radius 2 is 1.08 bits per heavy atom. The number of carboxylic acids is 5. The first-order chi connectivity index (χ1) is 39.5. The van der Waals surface area contributed by atoms with E-state index < -0.39 is 140 Å². The van der Waals surface area contributed by atoms with E-state index >= 15 is 0 Å². The summed E-state index contributed by atoms with van der Waals surface area (Å²) >= 11 is 0. The number of hydrogen-bond donors (Lipinski definition) is 15. The van der Waals surface area contributed by atoms with E-state index in [2.05, 4.69) is 36.6 Å². The Morgan fingerprint density at radius 1 is 0.607 bits per heavy atom. The number of phenols is 1. The van der Waals surface area contributed by atoms with Gasteiger partial charge in [0, 0.05) is 52.2 Å². The molecule has 0 bridgehead atoms. The number of carbonyl (C=O) groups excluding carboxylic acids is 6. The fraction of sp³-hybridized carbons (Fsp3) is 0.635. The van der Waals surface area contributed by atoms with Gasteiger partial charge in [-0.05, 0) is 74.5 Å². The molecule has 0 saturated carbocycles. The largest absolute Gasteiger partial charge is 0.508 e. The van der Waals surface area contributed by atoms with E-state index in [1.54, 1.807) is 27.7 Å². The summed E-state index contributed by atoms with van der Waals surface area (Å²) in [5.74, 6) is -12.7. The molecule has 0 unspecified atom stereocenters. The van der Waals surface area contributed by atoms with E-state index in [0.29, 0.717) is 18.4 Å². The summed E-state index contributed by atoms with van der Waals surface area (Å²) in [6.07, 6.45) is 0.642. The third kappa shape index (κ3) is 28.1. The highest BCUT2D eigenvalue weighted by Gasteiger charge is 2.40. The maximum absolute atomic E-state index is 14.8. The van der Waals surface area contributed by atoms with Crippen molar-refractivity contribution in [1.29, 1.82) is 0 Å². The van der Waals surface area contributed by atoms with Gasteiger partial charge in [-0.15, -0.1) is 0 Å². The lowest BCUT2D eigenvalue weighted by molar-refractivity contribution is -0.143. The van der Waals surface area contributed by atoms with Gasteiger partial charge in [-0.2, -0.15) is 0 Å². The first-order valence-corrected chi connectivity index (χ1v) is 27.5. The van der Waals surface area contributed by atoms with Gasteiger partial charge in [0.25, 0.3) is 0 Å². The molecule has 0 aromatic heterocycles. The third-order valence-electron chi connectivity index (χ3n) is 13.4. The van der Waals surface area contributed by atoms with Crippen LogP contribution in [0.1, 0.15) is 84.6 Å². The number of nitrogens with one attached hydrogen (secondary N) is 5. The number of hydrogen-bond acceptors (Lipinski definition) is 17. The number of nitrogens with zero attached hydrogens (tertiary/aromatic N) is 6. The number of guanidine groups is 2. The van der Waals surface area contributed by atoms with Gasteiger partial charge in [0.1, 0.15) is 42.0 Å². The molecule has 19 N–H and O–H groups in total. The Labute approximate surface area is 486 Å². The van der Waals surface area contributed by atoms with Gasteiger partial charge in [-0.25, -0.2) is 4.79 Å². The number of rotatable bonds is 41. The van der Waals surface area contributed by atoms with Crippen LogP contribution in [0.5, 0.6) is 5.75 Å². The summed E-state index contributed by atoms with van der Waals surface area (Å²) < 4.78 is 0. The summed E-state index contributed by atoms with van der Waals surface area (Å²) in [7, 11) is 0. The van der Waals surface area contributed by atoms with Crippen LogP contribution in [0.4, 0.5) is 0 Å². The van der Waals surface area contributed by atoms with Crippen LogP contribution in [0.3, 0.4) is 0 Å². The standard InChI is InChI=1S/C52H85N15O17/c1-5-31(4)44(48(81)62-37(50(83)84)23-30(2)3)63-46(79)36(24-32-12-14-33(68)15-13-32)61-47(80)38-11-8-18-67(38)49(82)35(10-7-17-58-52(55)56)60-45(78)34(9-6-16-57-51(53)54)59-39(69)25-65(27-41(72)73)21-19-64(26-40(70)71)20-22-66(28-42(74)75)29-43(76)77/h12-15,30-31,34-38,44,68H,5-11,16-29H2,1-4H3,(H,59,69)(H,60,78)(H,61,80)(H,62,81)(H,63,79)(H,70,71)(H,72,73)(H,74,75)(H,76,77)(H,83,84)(H4,53,54,57)(H4,55,56,58)/t31-,34-,35-,36-,37-,38-,44-/m0/s1. The fourth-order valence-electron chi connectivity index (χ4n) is 9.04. The van der Waals surface area contributed by atoms with Gasteiger partial charge in [0.15, 0.2) is 11.9 Å². The van der Waals surface area contributed by atoms with Crippen LogP contribution in [-0.2, 0) is 59.2 Å². The molecule has 1 fully saturated rings. The van der Waals surface area contributed by atoms with Crippen LogP contribution < -0.4 is 49.5 Å². The Hall–Kier alpha value is -8.39. The third-order valence-corrected chi connectivity index (χ3v) is 13.4. The molecular formula is C52H85N15O17. The zero-order chi connectivity index (χ0) is 63.2. The predicted octanol–water partition coefficient (Wildman–Crippen LogP) is -4.12. The van der Waals surface area contributed by atoms with Crippen molar-refractivity contribution in [3.05, 3.63) is 29.8 Å². The average Bonchev–Trinajstić information content (AvgIpc) is 4.12. The quantitative estimate of drug-likeness (QED) is 0.0168. The number of aromatic hydroxyl groups is 1. The second-order valence-electron chi connectivity index (χ2n) is 20.9. The highest BCUT2D eigenvalue weighted by molar-refractivity contribution is 5.97. The number of amides is 6. The van der Waals surface area contributed by atoms with E-state index in [1.807, 2.05) is 0 Å². The Kier molecular flexibility index (Phi) is 31.5. The molecular weight excluding hydrogens is 1110 g/mol. The molecule has 84 heavy (non-hydrogen) atoms. The Balaban J connectivity index is 2.50. The minimum atomic E-state index is -1.44. The number of carbonyl (C=O) groups is 11. The second-order valence-corrected chi connectivity index (χ2v) is 20.9. The summed E-state index contributed by atoms with van der Waals surface area (Å²) in [6.45, 7) is 2.83. The van der Waals surface area contributed by atoms with Gasteiger partial charge in [0.05, 0.1) is 32.7 Å². The van der Waals surface area contributed by atoms with E-state index in [1.165, 1.54) is 34.1 Å². The van der Waals surface area contributed by atoms with Crippen LogP contribution in [0.2, 0.25) is 0 Å². The van der Waals surface area contributed by atoms with Gasteiger partial charge in [-0.3, -0.25) is 72.6 Å². The van der Waals surface area contributed by atoms with Crippen molar-refractivity contribution in [2.45, 2.75) is 122 Å². The number of phenolic OH excluding ortho intramolecular Hbond substituents is 1. The SMILES string of the molecule is CC[C@H](C)[C@H](NC(=O)[C@H](Cc1ccc(O)cc1)NC(=O)[C@@H]1CCCN1C(=O)[C@H](CCCN=C(N)N)NC(=O)[C@H](CCCN=C(N)N)NC(=O)CN(CCN(CCN(CC(=O)O)CC(=O)O)CC(=O)O)CC(=O)O)C(=O)N[C@@H](CC(C)C)C(=O)O. The molecule has 470 valence electrons. The topological polar surface area (TPSA) is 511 Å². The van der Waals surface area contributed by atoms with Crippen LogP contribution in [0.25, 0.3) is 0 Å². The van der Waals surface area contributed by atoms with Crippen molar-refractivity contribution in [2.24, 2.45) is 44.8 Å². The van der Waals surface area contributed by atoms with E-state index in [-0.39, 0.29) is 114 Å². The van der Waals surface area contributed by atoms with E-state index in [0.717, 1.165) is 9.80 Å². The van der Waals surface area contributed by atoms with E-state index in [4.69, 9.17) is 22.9 Å². The van der Waals surface area contributed by atoms with Crippen LogP contribution in [-0.4, -0.2) is 242 Å². The van der Waals surface area contributed by atoms with Crippen molar-refractivity contribution in [2.75, 3.05) is 78.5 Å². The zero-order valence-electron chi connectivity index (χ0n) is 47.9. The monoisotopic (exact) mass is 1190 g/mol. The first-order valence-electron chi connectivity index (χ1n) is 27.5. The Bertz CT molecular complexity index is 2440. The lowest BCUT2D eigenvalue weighted by Gasteiger charge is -2.31. The number of nitrogens with two attached hydrogens (primary N) is 4. The van der Waals surface area contributed by atoms with Crippen molar-refractivity contribution in [3.63, 3.8) is 0 Å². The fourth-order valence-corrected chi connectivity index (χ4v) is 9.04. The zero-order valence-corrected chi connectivity index (χ0v) is 47.9. The highest BCUT2D eigenvalue weighted by atomic mass is 16.4. The van der Waals surface area contributed by atoms with Crippen molar-refractivity contribution < 1.29 is 83.4 Å². The number of carboxylic acid groups (broad SMARTS) is 5. The van der Waals surface area contributed by atoms with E-state index in [9.17, 15) is 83.4 Å². The predicted molar refractivity (Wildman–Crippen MR) is 302 cm³/mol. The van der Waals surface area contributed by atoms with Crippen molar-refractivity contribution in [3.8, 4) is 5.75 Å². The van der Waals surface area contributed by atoms with Crippen LogP contribution >= 0.6 is 0 Å². The molecule has 0 radical (unpaired) electrons. The lowest BCUT2D eigenvalue weighted by Crippen LogP contribution is -2.60. The molecule has 1 aromatic carbocycles. The molecule has 6 amide bonds.